The molecule has 0 saturated carbocycles. The molecule has 126 valence electrons. The number of benzene rings is 1. The summed E-state index contributed by atoms with van der Waals surface area (Å²) in [6.45, 7) is 10.7. The van der Waals surface area contributed by atoms with Crippen LogP contribution in [0.3, 0.4) is 0 Å². The molecular weight excluding hydrogens is 284 g/mol. The van der Waals surface area contributed by atoms with Crippen LogP contribution < -0.4 is 5.32 Å². The lowest BCUT2D eigenvalue weighted by Crippen LogP contribution is -2.35. The van der Waals surface area contributed by atoms with Gasteiger partial charge in [-0.05, 0) is 75.9 Å². The quantitative estimate of drug-likeness (QED) is 0.643. The fraction of sp³-hybridized carbons (Fsp3) is 0.550. The Kier molecular flexibility index (Phi) is 6.85. The minimum absolute atomic E-state index is 0.00255. The lowest BCUT2D eigenvalue weighted by atomic mass is 9.99. The highest BCUT2D eigenvalue weighted by molar-refractivity contribution is 5.91. The molecule has 0 unspecified atom stereocenters. The largest absolute Gasteiger partial charge is 0.353 e. The van der Waals surface area contributed by atoms with Crippen LogP contribution in [0.4, 0.5) is 0 Å². The Labute approximate surface area is 140 Å². The molecule has 0 aliphatic carbocycles. The van der Waals surface area contributed by atoms with Crippen molar-refractivity contribution in [2.45, 2.75) is 40.0 Å². The van der Waals surface area contributed by atoms with Crippen LogP contribution in [-0.2, 0) is 4.79 Å². The third kappa shape index (κ3) is 6.19. The van der Waals surface area contributed by atoms with Gasteiger partial charge in [-0.1, -0.05) is 30.7 Å². The van der Waals surface area contributed by atoms with E-state index < -0.39 is 0 Å². The van der Waals surface area contributed by atoms with Gasteiger partial charge in [-0.3, -0.25) is 4.79 Å². The topological polar surface area (TPSA) is 32.3 Å². The van der Waals surface area contributed by atoms with Gasteiger partial charge >= 0.3 is 0 Å². The van der Waals surface area contributed by atoms with Crippen LogP contribution in [0.2, 0.25) is 0 Å². The number of carbonyl (C=O) groups excluding carboxylic acids is 1. The van der Waals surface area contributed by atoms with Crippen molar-refractivity contribution in [3.05, 3.63) is 41.0 Å². The molecule has 1 fully saturated rings. The van der Waals surface area contributed by atoms with Crippen LogP contribution in [0.25, 0.3) is 6.08 Å². The van der Waals surface area contributed by atoms with E-state index in [1.807, 2.05) is 6.08 Å². The zero-order valence-corrected chi connectivity index (χ0v) is 14.8. The average molecular weight is 314 g/mol. The molecule has 0 radical (unpaired) electrons. The molecule has 2 rings (SSSR count). The van der Waals surface area contributed by atoms with Crippen molar-refractivity contribution in [1.82, 2.24) is 10.2 Å². The van der Waals surface area contributed by atoms with Crippen molar-refractivity contribution in [2.75, 3.05) is 26.2 Å². The number of aryl methyl sites for hydroxylation is 2. The van der Waals surface area contributed by atoms with E-state index >= 15 is 0 Å². The summed E-state index contributed by atoms with van der Waals surface area (Å²) in [5.74, 6) is 0.874. The minimum atomic E-state index is -0.00255. The van der Waals surface area contributed by atoms with Crippen molar-refractivity contribution < 1.29 is 4.79 Å². The number of piperidine rings is 1. The summed E-state index contributed by atoms with van der Waals surface area (Å²) < 4.78 is 0. The van der Waals surface area contributed by atoms with Gasteiger partial charge in [0.1, 0.15) is 0 Å². The smallest absolute Gasteiger partial charge is 0.243 e. The summed E-state index contributed by atoms with van der Waals surface area (Å²) in [6.07, 6.45) is 7.18. The Morgan fingerprint density at radius 3 is 2.74 bits per heavy atom. The number of carbonyl (C=O) groups is 1. The van der Waals surface area contributed by atoms with E-state index in [0.29, 0.717) is 0 Å². The van der Waals surface area contributed by atoms with Gasteiger partial charge in [0, 0.05) is 12.6 Å². The van der Waals surface area contributed by atoms with Crippen molar-refractivity contribution in [1.29, 1.82) is 0 Å². The molecule has 0 atom stereocenters. The standard InChI is InChI=1S/C20H30N2O/c1-16-9-13-22(14-10-16)12-4-11-21-20(23)8-7-19-6-5-17(2)15-18(19)3/h5-8,15-16H,4,9-14H2,1-3H3,(H,21,23)/b8-7+. The minimum Gasteiger partial charge on any atom is -0.353 e. The molecule has 0 bridgehead atoms. The molecule has 1 heterocycles. The fourth-order valence-corrected chi connectivity index (χ4v) is 3.04. The number of hydrogen-bond donors (Lipinski definition) is 1. The van der Waals surface area contributed by atoms with E-state index in [2.05, 4.69) is 49.2 Å². The van der Waals surface area contributed by atoms with E-state index in [4.69, 9.17) is 0 Å². The predicted molar refractivity (Wildman–Crippen MR) is 97.4 cm³/mol. The van der Waals surface area contributed by atoms with Crippen LogP contribution in [0.15, 0.2) is 24.3 Å². The van der Waals surface area contributed by atoms with Gasteiger partial charge in [0.2, 0.25) is 5.91 Å². The Morgan fingerprint density at radius 2 is 2.04 bits per heavy atom. The van der Waals surface area contributed by atoms with Crippen LogP contribution in [0, 0.1) is 19.8 Å². The second-order valence-corrected chi connectivity index (χ2v) is 6.86. The number of rotatable bonds is 6. The van der Waals surface area contributed by atoms with Crippen molar-refractivity contribution in [3.63, 3.8) is 0 Å². The molecule has 1 aliphatic rings. The zero-order chi connectivity index (χ0) is 16.7. The maximum Gasteiger partial charge on any atom is 0.243 e. The Morgan fingerprint density at radius 1 is 1.30 bits per heavy atom. The first-order valence-corrected chi connectivity index (χ1v) is 8.80. The molecule has 1 amide bonds. The monoisotopic (exact) mass is 314 g/mol. The van der Waals surface area contributed by atoms with Gasteiger partial charge in [0.25, 0.3) is 0 Å². The molecule has 23 heavy (non-hydrogen) atoms. The first-order chi connectivity index (χ1) is 11.0. The van der Waals surface area contributed by atoms with E-state index in [0.717, 1.165) is 31.0 Å². The maximum atomic E-state index is 11.9. The number of nitrogens with zero attached hydrogens (tertiary/aromatic N) is 1. The lowest BCUT2D eigenvalue weighted by molar-refractivity contribution is -0.116. The van der Waals surface area contributed by atoms with Gasteiger partial charge in [0.05, 0.1) is 0 Å². The van der Waals surface area contributed by atoms with Gasteiger partial charge in [-0.25, -0.2) is 0 Å². The van der Waals surface area contributed by atoms with Gasteiger partial charge in [-0.2, -0.15) is 0 Å². The maximum absolute atomic E-state index is 11.9. The predicted octanol–water partition coefficient (Wildman–Crippen LogP) is 3.55. The second-order valence-electron chi connectivity index (χ2n) is 6.86. The van der Waals surface area contributed by atoms with Gasteiger partial charge in [0.15, 0.2) is 0 Å². The first-order valence-electron chi connectivity index (χ1n) is 8.80. The van der Waals surface area contributed by atoms with E-state index in [-0.39, 0.29) is 5.91 Å². The molecule has 3 nitrogen and oxygen atoms in total. The highest BCUT2D eigenvalue weighted by Gasteiger charge is 2.14. The number of nitrogens with one attached hydrogen (secondary N) is 1. The fourth-order valence-electron chi connectivity index (χ4n) is 3.04. The normalized spacial score (nSPS) is 16.8. The number of hydrogen-bond acceptors (Lipinski definition) is 2. The third-order valence-corrected chi connectivity index (χ3v) is 4.67. The molecule has 1 aromatic carbocycles. The van der Waals surface area contributed by atoms with E-state index in [9.17, 15) is 4.79 Å². The van der Waals surface area contributed by atoms with Crippen molar-refractivity contribution in [3.8, 4) is 0 Å². The van der Waals surface area contributed by atoms with Crippen LogP contribution in [-0.4, -0.2) is 37.0 Å². The molecule has 1 N–H and O–H groups in total. The van der Waals surface area contributed by atoms with Crippen molar-refractivity contribution in [2.24, 2.45) is 5.92 Å². The zero-order valence-electron chi connectivity index (χ0n) is 14.8. The van der Waals surface area contributed by atoms with Crippen LogP contribution >= 0.6 is 0 Å². The van der Waals surface area contributed by atoms with Gasteiger partial charge in [-0.15, -0.1) is 0 Å². The van der Waals surface area contributed by atoms with Crippen molar-refractivity contribution >= 4 is 12.0 Å². The summed E-state index contributed by atoms with van der Waals surface area (Å²) in [4.78, 5) is 14.4. The Balaban J connectivity index is 1.66. The van der Waals surface area contributed by atoms with Gasteiger partial charge < -0.3 is 10.2 Å². The van der Waals surface area contributed by atoms with Crippen LogP contribution in [0.1, 0.15) is 42.9 Å². The van der Waals surface area contributed by atoms with E-state index in [1.165, 1.54) is 37.1 Å². The van der Waals surface area contributed by atoms with Crippen LogP contribution in [0.5, 0.6) is 0 Å². The lowest BCUT2D eigenvalue weighted by Gasteiger charge is -2.30. The summed E-state index contributed by atoms with van der Waals surface area (Å²) in [7, 11) is 0. The Bertz CT molecular complexity index is 543. The SMILES string of the molecule is Cc1ccc(/C=C/C(=O)NCCCN2CCC(C)CC2)c(C)c1. The average Bonchev–Trinajstić information content (AvgIpc) is 2.52. The molecule has 1 aromatic rings. The molecular formula is C20H30N2O. The van der Waals surface area contributed by atoms with E-state index in [1.54, 1.807) is 6.08 Å². The summed E-state index contributed by atoms with van der Waals surface area (Å²) in [6, 6.07) is 6.27. The second kappa shape index (κ2) is 8.88. The molecule has 0 spiro atoms. The Hall–Kier alpha value is -1.61. The first kappa shape index (κ1) is 17.7. The molecule has 1 saturated heterocycles. The summed E-state index contributed by atoms with van der Waals surface area (Å²) >= 11 is 0. The summed E-state index contributed by atoms with van der Waals surface area (Å²) in [5, 5.41) is 2.98. The number of likely N-dealkylation sites (tertiary alicyclic amines) is 1. The third-order valence-electron chi connectivity index (χ3n) is 4.67. The highest BCUT2D eigenvalue weighted by Crippen LogP contribution is 2.15. The highest BCUT2D eigenvalue weighted by atomic mass is 16.1. The molecule has 0 aromatic heterocycles. The molecule has 3 heteroatoms. The number of amides is 1. The molecule has 1 aliphatic heterocycles. The summed E-state index contributed by atoms with van der Waals surface area (Å²) in [5.41, 5.74) is 3.55.